The molecule has 5 heteroatoms. The Hall–Kier alpha value is -1.13. The van der Waals surface area contributed by atoms with Gasteiger partial charge < -0.3 is 10.2 Å². The molecule has 1 N–H and O–H groups in total. The molecule has 1 heterocycles. The van der Waals surface area contributed by atoms with E-state index in [4.69, 9.17) is 0 Å². The van der Waals surface area contributed by atoms with Gasteiger partial charge in [0.1, 0.15) is 0 Å². The maximum atomic E-state index is 13.9. The lowest BCUT2D eigenvalue weighted by Crippen LogP contribution is -2.48. The van der Waals surface area contributed by atoms with E-state index in [0.29, 0.717) is 13.0 Å². The number of carbonyl (C=O) groups is 1. The second-order valence-electron chi connectivity index (χ2n) is 4.92. The van der Waals surface area contributed by atoms with Gasteiger partial charge in [-0.05, 0) is 27.2 Å². The molecule has 0 aromatic carbocycles. The first-order valence-electron chi connectivity index (χ1n) is 6.84. The zero-order valence-corrected chi connectivity index (χ0v) is 12.6. The van der Waals surface area contributed by atoms with Crippen molar-refractivity contribution < 1.29 is 13.6 Å². The lowest BCUT2D eigenvalue weighted by Gasteiger charge is -2.24. The topological polar surface area (TPSA) is 32.3 Å². The third kappa shape index (κ3) is 4.80. The number of alkyl halides is 2. The Morgan fingerprint density at radius 1 is 1.42 bits per heavy atom. The molecule has 1 aliphatic heterocycles. The molecular formula is C14H26F2N2O. The van der Waals surface area contributed by atoms with Crippen LogP contribution < -0.4 is 5.32 Å². The number of allylic oxidation sites excluding steroid dienone is 1. The van der Waals surface area contributed by atoms with E-state index in [1.165, 1.54) is 0 Å². The molecule has 1 rings (SSSR count). The summed E-state index contributed by atoms with van der Waals surface area (Å²) >= 11 is 0. The number of nitrogens with one attached hydrogen (secondary N) is 1. The lowest BCUT2D eigenvalue weighted by atomic mass is 9.99. The molecule has 1 saturated heterocycles. The van der Waals surface area contributed by atoms with E-state index in [1.807, 2.05) is 13.8 Å². The summed E-state index contributed by atoms with van der Waals surface area (Å²) < 4.78 is 27.7. The second kappa shape index (κ2) is 7.46. The van der Waals surface area contributed by atoms with E-state index < -0.39 is 17.7 Å². The van der Waals surface area contributed by atoms with Gasteiger partial charge in [0.15, 0.2) is 0 Å². The van der Waals surface area contributed by atoms with Crippen LogP contribution in [0.1, 0.15) is 41.0 Å². The molecule has 3 nitrogen and oxygen atoms in total. The van der Waals surface area contributed by atoms with Gasteiger partial charge in [-0.1, -0.05) is 20.4 Å². The fraction of sp³-hybridized carbons (Fsp3) is 0.786. The smallest absolute Gasteiger partial charge is 0.329 e. The van der Waals surface area contributed by atoms with Crippen molar-refractivity contribution in [2.24, 2.45) is 5.92 Å². The highest BCUT2D eigenvalue weighted by molar-refractivity contribution is 5.84. The summed E-state index contributed by atoms with van der Waals surface area (Å²) in [4.78, 5) is 13.2. The molecule has 1 amide bonds. The van der Waals surface area contributed by atoms with Crippen molar-refractivity contribution in [3.05, 3.63) is 12.3 Å². The zero-order valence-electron chi connectivity index (χ0n) is 12.6. The Balaban J connectivity index is 0.00000154. The molecule has 1 aliphatic rings. The number of carbonyl (C=O) groups excluding carboxylic acids is 1. The largest absolute Gasteiger partial charge is 0.375 e. The van der Waals surface area contributed by atoms with Crippen LogP contribution in [0.4, 0.5) is 8.78 Å². The molecule has 0 aromatic rings. The van der Waals surface area contributed by atoms with Gasteiger partial charge in [0, 0.05) is 24.8 Å². The Labute approximate surface area is 115 Å². The van der Waals surface area contributed by atoms with Crippen LogP contribution in [0, 0.1) is 5.92 Å². The number of halogens is 2. The average molecular weight is 276 g/mol. The van der Waals surface area contributed by atoms with Crippen LogP contribution in [-0.2, 0) is 4.79 Å². The summed E-state index contributed by atoms with van der Waals surface area (Å²) in [7, 11) is 0. The Morgan fingerprint density at radius 2 is 1.95 bits per heavy atom. The molecular weight excluding hydrogens is 250 g/mol. The van der Waals surface area contributed by atoms with E-state index in [0.717, 1.165) is 5.70 Å². The van der Waals surface area contributed by atoms with Crippen LogP contribution in [0.2, 0.25) is 0 Å². The van der Waals surface area contributed by atoms with Crippen molar-refractivity contribution in [3.8, 4) is 0 Å². The molecule has 0 bridgehead atoms. The molecule has 0 saturated carbocycles. The van der Waals surface area contributed by atoms with E-state index >= 15 is 0 Å². The molecule has 1 atom stereocenters. The highest BCUT2D eigenvalue weighted by Gasteiger charge is 2.49. The molecule has 0 radical (unpaired) electrons. The van der Waals surface area contributed by atoms with Gasteiger partial charge in [0.05, 0.1) is 5.92 Å². The maximum absolute atomic E-state index is 13.9. The number of rotatable bonds is 4. The minimum absolute atomic E-state index is 0.202. The standard InChI is InChI=1S/C12H20F2N2O.C2H6/c1-8(2)15-11(17)12(13,14)10-5-6-16(7-10)9(3)4;1-2/h8,10H,3,5-7H2,1-2,4H3,(H,15,17);1-2H3. The minimum atomic E-state index is -3.30. The van der Waals surface area contributed by atoms with Crippen molar-refractivity contribution in [2.45, 2.75) is 53.0 Å². The predicted molar refractivity (Wildman–Crippen MR) is 74.1 cm³/mol. The van der Waals surface area contributed by atoms with Gasteiger partial charge in [0.2, 0.25) is 0 Å². The van der Waals surface area contributed by atoms with Crippen LogP contribution in [-0.4, -0.2) is 35.9 Å². The molecule has 19 heavy (non-hydrogen) atoms. The van der Waals surface area contributed by atoms with E-state index in [9.17, 15) is 13.6 Å². The van der Waals surface area contributed by atoms with Crippen LogP contribution in [0.3, 0.4) is 0 Å². The van der Waals surface area contributed by atoms with Gasteiger partial charge in [0.25, 0.3) is 5.91 Å². The highest BCUT2D eigenvalue weighted by atomic mass is 19.3. The van der Waals surface area contributed by atoms with Gasteiger partial charge in [-0.15, -0.1) is 0 Å². The van der Waals surface area contributed by atoms with Crippen molar-refractivity contribution in [1.29, 1.82) is 0 Å². The quantitative estimate of drug-likeness (QED) is 0.856. The third-order valence-electron chi connectivity index (χ3n) is 2.96. The Kier molecular flexibility index (Phi) is 7.01. The predicted octanol–water partition coefficient (Wildman–Crippen LogP) is 3.03. The summed E-state index contributed by atoms with van der Waals surface area (Å²) in [5.41, 5.74) is 0.771. The summed E-state index contributed by atoms with van der Waals surface area (Å²) in [6, 6.07) is -0.271. The molecule has 0 aromatic heterocycles. The maximum Gasteiger partial charge on any atom is 0.329 e. The number of hydrogen-bond acceptors (Lipinski definition) is 2. The normalized spacial score (nSPS) is 18.9. The summed E-state index contributed by atoms with van der Waals surface area (Å²) in [6.45, 7) is 13.6. The first-order chi connectivity index (χ1) is 8.75. The SMILES string of the molecule is C=C(C)N1CCC(C(F)(F)C(=O)NC(C)C)C1.CC. The number of hydrogen-bond donors (Lipinski definition) is 1. The monoisotopic (exact) mass is 276 g/mol. The number of likely N-dealkylation sites (tertiary alicyclic amines) is 1. The Morgan fingerprint density at radius 3 is 2.32 bits per heavy atom. The van der Waals surface area contributed by atoms with Crippen molar-refractivity contribution in [2.75, 3.05) is 13.1 Å². The summed E-state index contributed by atoms with van der Waals surface area (Å²) in [5.74, 6) is -5.38. The minimum Gasteiger partial charge on any atom is -0.375 e. The number of nitrogens with zero attached hydrogens (tertiary/aromatic N) is 1. The first kappa shape index (κ1) is 17.9. The third-order valence-corrected chi connectivity index (χ3v) is 2.96. The van der Waals surface area contributed by atoms with Gasteiger partial charge >= 0.3 is 5.92 Å². The molecule has 1 fully saturated rings. The van der Waals surface area contributed by atoms with E-state index in [-0.39, 0.29) is 12.6 Å². The summed E-state index contributed by atoms with van der Waals surface area (Å²) in [5, 5.41) is 2.27. The van der Waals surface area contributed by atoms with Crippen LogP contribution in [0.5, 0.6) is 0 Å². The molecule has 0 aliphatic carbocycles. The molecule has 0 spiro atoms. The van der Waals surface area contributed by atoms with E-state index in [2.05, 4.69) is 11.9 Å². The fourth-order valence-electron chi connectivity index (χ4n) is 1.95. The van der Waals surface area contributed by atoms with Crippen molar-refractivity contribution in [1.82, 2.24) is 10.2 Å². The van der Waals surface area contributed by atoms with Gasteiger partial charge in [-0.2, -0.15) is 8.78 Å². The molecule has 112 valence electrons. The summed E-state index contributed by atoms with van der Waals surface area (Å²) in [6.07, 6.45) is 0.325. The first-order valence-corrected chi connectivity index (χ1v) is 6.84. The van der Waals surface area contributed by atoms with E-state index in [1.54, 1.807) is 25.7 Å². The lowest BCUT2D eigenvalue weighted by molar-refractivity contribution is -0.153. The average Bonchev–Trinajstić information content (AvgIpc) is 2.80. The Bertz CT molecular complexity index is 317. The molecule has 1 unspecified atom stereocenters. The number of amides is 1. The van der Waals surface area contributed by atoms with Crippen LogP contribution >= 0.6 is 0 Å². The second-order valence-corrected chi connectivity index (χ2v) is 4.92. The van der Waals surface area contributed by atoms with Gasteiger partial charge in [-0.3, -0.25) is 4.79 Å². The van der Waals surface area contributed by atoms with Gasteiger partial charge in [-0.25, -0.2) is 0 Å². The zero-order chi connectivity index (χ0) is 15.2. The van der Waals surface area contributed by atoms with Crippen LogP contribution in [0.25, 0.3) is 0 Å². The highest BCUT2D eigenvalue weighted by Crippen LogP contribution is 2.33. The van der Waals surface area contributed by atoms with Crippen molar-refractivity contribution >= 4 is 5.91 Å². The van der Waals surface area contributed by atoms with Crippen LogP contribution in [0.15, 0.2) is 12.3 Å². The van der Waals surface area contributed by atoms with Crippen molar-refractivity contribution in [3.63, 3.8) is 0 Å². The fourth-order valence-corrected chi connectivity index (χ4v) is 1.95.